The number of aliphatic hydroxyl groups excluding tert-OH is 2. The van der Waals surface area contributed by atoms with E-state index in [2.05, 4.69) is 49.6 Å². The van der Waals surface area contributed by atoms with Gasteiger partial charge in [-0.15, -0.1) is 0 Å². The average Bonchev–Trinajstić information content (AvgIpc) is 3.80. The second-order valence-corrected chi connectivity index (χ2v) is 28.7. The van der Waals surface area contributed by atoms with Gasteiger partial charge in [0.25, 0.3) is 0 Å². The average molecular weight is 1160 g/mol. The summed E-state index contributed by atoms with van der Waals surface area (Å²) >= 11 is 0. The third-order valence-electron chi connectivity index (χ3n) is 20.5. The largest absolute Gasteiger partial charge is 0.463 e. The molecule has 6 rings (SSSR count). The Kier molecular flexibility index (Phi) is 23.8. The molecule has 2 unspecified atom stereocenters. The standard InChI is InChI=1S/C63H113N5O14/c1-21-24-68-33-44(34-68)49-36-78-59(74)61(9,10)53(72)41(6)55(63(12,76-20)30-38(3)32-67(49)18)82-57-51(70)47(65(15)16)28-45(80-57)27-42-22-23-43(26-42)48-35-77-58(73)60(7,8)52(71)40(5)54(62(11,75-19)29-37(2)31-66(48)17)81-56-50(69)46(64(13)14)25-39(4)79-56/h37-51,54-57,69-70H,21-36H2,1-20H3/t37-,38-,39-,40+,41+,42?,43-,45-,46+,47+,48+,49?,50-,51-,54-,55-,56+,57+,62-,63-/m1/s1. The van der Waals surface area contributed by atoms with Crippen molar-refractivity contribution >= 4 is 23.5 Å². The molecule has 82 heavy (non-hydrogen) atoms. The van der Waals surface area contributed by atoms with Crippen molar-refractivity contribution in [3.05, 3.63) is 0 Å². The van der Waals surface area contributed by atoms with E-state index >= 15 is 0 Å². The first kappa shape index (κ1) is 68.9. The van der Waals surface area contributed by atoms with Crippen LogP contribution in [0.5, 0.6) is 0 Å². The zero-order chi connectivity index (χ0) is 61.1. The van der Waals surface area contributed by atoms with Crippen LogP contribution in [0.2, 0.25) is 0 Å². The summed E-state index contributed by atoms with van der Waals surface area (Å²) < 4.78 is 52.2. The molecule has 5 saturated heterocycles. The quantitative estimate of drug-likeness (QED) is 0.157. The number of aliphatic hydroxyl groups is 2. The molecular weight excluding hydrogens is 1050 g/mol. The second-order valence-electron chi connectivity index (χ2n) is 28.7. The van der Waals surface area contributed by atoms with Crippen molar-refractivity contribution < 1.29 is 67.3 Å². The summed E-state index contributed by atoms with van der Waals surface area (Å²) in [5.41, 5.74) is -5.08. The number of likely N-dealkylation sites (N-methyl/N-ethyl adjacent to an activating group) is 4. The van der Waals surface area contributed by atoms with Gasteiger partial charge in [-0.3, -0.25) is 29.0 Å². The lowest BCUT2D eigenvalue weighted by molar-refractivity contribution is -0.299. The molecule has 6 fully saturated rings. The third kappa shape index (κ3) is 15.5. The Hall–Kier alpha value is -2.24. The Morgan fingerprint density at radius 1 is 0.610 bits per heavy atom. The Balaban J connectivity index is 1.21. The van der Waals surface area contributed by atoms with Gasteiger partial charge in [0, 0.05) is 82.3 Å². The molecule has 1 saturated carbocycles. The summed E-state index contributed by atoms with van der Waals surface area (Å²) in [7, 11) is 15.2. The molecule has 1 aliphatic carbocycles. The number of ketones is 2. The number of methoxy groups -OCH3 is 2. The van der Waals surface area contributed by atoms with Crippen LogP contribution < -0.4 is 0 Å². The highest BCUT2D eigenvalue weighted by Gasteiger charge is 2.55. The summed E-state index contributed by atoms with van der Waals surface area (Å²) in [4.78, 5) is 69.1. The smallest absolute Gasteiger partial charge is 0.319 e. The Bertz CT molecular complexity index is 2110. The zero-order valence-corrected chi connectivity index (χ0v) is 54.3. The fourth-order valence-corrected chi connectivity index (χ4v) is 15.6. The fourth-order valence-electron chi connectivity index (χ4n) is 15.6. The summed E-state index contributed by atoms with van der Waals surface area (Å²) in [6.45, 7) is 27.1. The van der Waals surface area contributed by atoms with Gasteiger partial charge in [0.15, 0.2) is 24.1 Å². The lowest BCUT2D eigenvalue weighted by atomic mass is 9.74. The van der Waals surface area contributed by atoms with Gasteiger partial charge in [-0.1, -0.05) is 41.0 Å². The van der Waals surface area contributed by atoms with Crippen LogP contribution >= 0.6 is 0 Å². The number of hydrogen-bond acceptors (Lipinski definition) is 19. The molecule has 0 spiro atoms. The highest BCUT2D eigenvalue weighted by molar-refractivity contribution is 6.04. The molecule has 0 aromatic carbocycles. The minimum Gasteiger partial charge on any atom is -0.463 e. The SMILES string of the molecule is CCCN1CC(C2COC(=O)C(C)(C)C(=O)[C@H](C)[C@@H](O[C@@H]3O[C@H](CC4CC[C@@H]([C@@H]5COC(=O)C(C)(C)C(=O)[C@H](C)[C@@H](O[C@@H]6O[C@H](C)C[C@H](N(C)C)[C@H]6O)[C@](C)(OC)C[C@@H](C)CN5C)C4)C[C@H](N(C)C)[C@H]3O)[C@](C)(OC)C[C@@H](C)CN2C)C1. The van der Waals surface area contributed by atoms with Gasteiger partial charge in [-0.25, -0.2) is 0 Å². The number of Topliss-reactive ketones (excluding diaryl/α,β-unsaturated/α-hetero) is 2. The van der Waals surface area contributed by atoms with E-state index in [4.69, 9.17) is 37.9 Å². The first-order valence-electron chi connectivity index (χ1n) is 31.2. The summed E-state index contributed by atoms with van der Waals surface area (Å²) in [6.07, 6.45) is 0.117. The number of carbonyl (C=O) groups excluding carboxylic acids is 4. The van der Waals surface area contributed by atoms with Crippen LogP contribution in [-0.4, -0.2) is 245 Å². The molecule has 19 heteroatoms. The summed E-state index contributed by atoms with van der Waals surface area (Å²) in [5, 5.41) is 23.8. The van der Waals surface area contributed by atoms with Crippen LogP contribution in [0.1, 0.15) is 141 Å². The maximum Gasteiger partial charge on any atom is 0.319 e. The van der Waals surface area contributed by atoms with Crippen molar-refractivity contribution in [2.45, 2.75) is 225 Å². The van der Waals surface area contributed by atoms with Gasteiger partial charge in [0.05, 0.1) is 35.6 Å². The first-order chi connectivity index (χ1) is 38.2. The van der Waals surface area contributed by atoms with Crippen molar-refractivity contribution in [1.82, 2.24) is 24.5 Å². The van der Waals surface area contributed by atoms with E-state index in [1.807, 2.05) is 58.8 Å². The molecule has 474 valence electrons. The molecule has 0 amide bonds. The van der Waals surface area contributed by atoms with Gasteiger partial charge in [0.1, 0.15) is 36.3 Å². The Morgan fingerprint density at radius 3 is 1.49 bits per heavy atom. The van der Waals surface area contributed by atoms with Crippen LogP contribution in [0.25, 0.3) is 0 Å². The van der Waals surface area contributed by atoms with Gasteiger partial charge in [-0.05, 0) is 172 Å². The number of esters is 2. The summed E-state index contributed by atoms with van der Waals surface area (Å²) in [5.74, 6) is -2.70. The highest BCUT2D eigenvalue weighted by atomic mass is 16.7. The van der Waals surface area contributed by atoms with E-state index in [-0.39, 0.29) is 84.8 Å². The number of hydrogen-bond donors (Lipinski definition) is 2. The Labute approximate surface area is 493 Å². The van der Waals surface area contributed by atoms with Gasteiger partial charge >= 0.3 is 11.9 Å². The number of rotatable bonds is 14. The summed E-state index contributed by atoms with van der Waals surface area (Å²) in [6, 6.07) is -0.726. The van der Waals surface area contributed by atoms with Gasteiger partial charge in [0.2, 0.25) is 0 Å². The molecule has 5 heterocycles. The second kappa shape index (κ2) is 28.3. The topological polar surface area (TPSA) is 199 Å². The maximum atomic E-state index is 14.9. The highest BCUT2D eigenvalue weighted by Crippen LogP contribution is 2.44. The minimum atomic E-state index is -1.53. The number of cyclic esters (lactones) is 2. The number of nitrogens with zero attached hydrogens (tertiary/aromatic N) is 5. The molecular formula is C63H113N5O14. The number of carbonyl (C=O) groups is 4. The molecule has 5 aliphatic heterocycles. The fraction of sp³-hybridized carbons (Fsp3) is 0.937. The molecule has 0 radical (unpaired) electrons. The molecule has 2 N–H and O–H groups in total. The molecule has 0 bridgehead atoms. The van der Waals surface area contributed by atoms with E-state index in [1.165, 1.54) is 0 Å². The van der Waals surface area contributed by atoms with Crippen LogP contribution in [-0.2, 0) is 57.1 Å². The first-order valence-corrected chi connectivity index (χ1v) is 31.2. The third-order valence-corrected chi connectivity index (χ3v) is 20.5. The number of likely N-dealkylation sites (tertiary alicyclic amines) is 1. The van der Waals surface area contributed by atoms with E-state index in [0.717, 1.165) is 45.3 Å². The zero-order valence-electron chi connectivity index (χ0n) is 54.3. The predicted molar refractivity (Wildman–Crippen MR) is 314 cm³/mol. The molecule has 0 aromatic heterocycles. The van der Waals surface area contributed by atoms with Gasteiger partial charge in [-0.2, -0.15) is 0 Å². The van der Waals surface area contributed by atoms with Crippen molar-refractivity contribution in [3.63, 3.8) is 0 Å². The van der Waals surface area contributed by atoms with Crippen molar-refractivity contribution in [2.24, 2.45) is 52.3 Å². The van der Waals surface area contributed by atoms with Crippen LogP contribution in [0.4, 0.5) is 0 Å². The lowest BCUT2D eigenvalue weighted by Gasteiger charge is -2.48. The van der Waals surface area contributed by atoms with Crippen molar-refractivity contribution in [1.29, 1.82) is 0 Å². The van der Waals surface area contributed by atoms with Crippen molar-refractivity contribution in [2.75, 3.05) is 102 Å². The predicted octanol–water partition coefficient (Wildman–Crippen LogP) is 5.78. The lowest BCUT2D eigenvalue weighted by Crippen LogP contribution is -2.60. The Morgan fingerprint density at radius 2 is 1.05 bits per heavy atom. The monoisotopic (exact) mass is 1160 g/mol. The molecule has 6 aliphatic rings. The van der Waals surface area contributed by atoms with Crippen LogP contribution in [0.3, 0.4) is 0 Å². The normalized spacial score (nSPS) is 42.5. The molecule has 19 nitrogen and oxygen atoms in total. The van der Waals surface area contributed by atoms with Crippen LogP contribution in [0, 0.1) is 52.3 Å². The molecule has 20 atom stereocenters. The van der Waals surface area contributed by atoms with E-state index in [0.29, 0.717) is 51.1 Å². The minimum absolute atomic E-state index is 0.0101. The van der Waals surface area contributed by atoms with Gasteiger partial charge < -0.3 is 62.8 Å². The number of ether oxygens (including phenoxy) is 8. The van der Waals surface area contributed by atoms with E-state index in [9.17, 15) is 29.4 Å². The van der Waals surface area contributed by atoms with E-state index in [1.54, 1.807) is 55.8 Å². The maximum absolute atomic E-state index is 14.9. The van der Waals surface area contributed by atoms with Crippen LogP contribution in [0.15, 0.2) is 0 Å². The molecule has 0 aromatic rings. The van der Waals surface area contributed by atoms with Crippen molar-refractivity contribution in [3.8, 4) is 0 Å². The van der Waals surface area contributed by atoms with E-state index < -0.39 is 82.8 Å².